The lowest BCUT2D eigenvalue weighted by Gasteiger charge is -2.23. The predicted octanol–water partition coefficient (Wildman–Crippen LogP) is 0.967. The fourth-order valence-electron chi connectivity index (χ4n) is 0.585. The Labute approximate surface area is 70.2 Å². The van der Waals surface area contributed by atoms with Gasteiger partial charge in [0.25, 0.3) is 0 Å². The van der Waals surface area contributed by atoms with E-state index in [4.69, 9.17) is 5.26 Å². The Kier molecular flexibility index (Phi) is 4.18. The van der Waals surface area contributed by atoms with Gasteiger partial charge in [0.2, 0.25) is 4.75 Å². The normalized spacial score (nSPS) is 19.1. The van der Waals surface area contributed by atoms with Gasteiger partial charge >= 0.3 is 0 Å². The van der Waals surface area contributed by atoms with Crippen LogP contribution >= 0.6 is 12.6 Å². The van der Waals surface area contributed by atoms with Crippen LogP contribution < -0.4 is 0 Å². The first-order valence-corrected chi connectivity index (χ1v) is 5.17. The molecule has 0 aliphatic carbocycles. The first-order valence-electron chi connectivity index (χ1n) is 2.98. The van der Waals surface area contributed by atoms with Crippen LogP contribution in [0.3, 0.4) is 0 Å². The van der Waals surface area contributed by atoms with Crippen LogP contribution in [0.5, 0.6) is 0 Å². The molecule has 0 N–H and O–H groups in total. The van der Waals surface area contributed by atoms with E-state index in [1.165, 1.54) is 0 Å². The van der Waals surface area contributed by atoms with E-state index in [1.807, 2.05) is 13.0 Å². The molecule has 2 nitrogen and oxygen atoms in total. The van der Waals surface area contributed by atoms with Gasteiger partial charge in [-0.25, -0.2) is 0 Å². The van der Waals surface area contributed by atoms with E-state index >= 15 is 0 Å². The van der Waals surface area contributed by atoms with Crippen molar-refractivity contribution in [2.45, 2.75) is 18.1 Å². The number of nitrogens with zero attached hydrogens (tertiary/aromatic N) is 1. The minimum Gasteiger partial charge on any atom is -0.615 e. The molecule has 0 aliphatic rings. The second-order valence-electron chi connectivity index (χ2n) is 2.07. The second-order valence-corrected chi connectivity index (χ2v) is 4.08. The second kappa shape index (κ2) is 4.12. The summed E-state index contributed by atoms with van der Waals surface area (Å²) in [6.45, 7) is 1.85. The quantitative estimate of drug-likeness (QED) is 0.516. The lowest BCUT2D eigenvalue weighted by atomic mass is 10.1. The summed E-state index contributed by atoms with van der Waals surface area (Å²) in [7, 11) is 0. The van der Waals surface area contributed by atoms with Gasteiger partial charge in [0.05, 0.1) is 12.0 Å². The molecule has 10 heavy (non-hydrogen) atoms. The number of hydrogen-bond donors (Lipinski definition) is 1. The highest BCUT2D eigenvalue weighted by Crippen LogP contribution is 2.21. The first kappa shape index (κ1) is 10.2. The van der Waals surface area contributed by atoms with E-state index in [9.17, 15) is 4.55 Å². The van der Waals surface area contributed by atoms with Crippen LogP contribution in [0.4, 0.5) is 0 Å². The summed E-state index contributed by atoms with van der Waals surface area (Å²) in [6, 6.07) is 2.04. The van der Waals surface area contributed by atoms with Crippen molar-refractivity contribution in [3.05, 3.63) is 0 Å². The SMILES string of the molecule is CCC(C#N)(CS)[S+](C)[O-]. The van der Waals surface area contributed by atoms with Crippen molar-refractivity contribution in [3.63, 3.8) is 0 Å². The molecule has 0 fully saturated rings. The molecule has 0 aromatic carbocycles. The Bertz CT molecular complexity index is 137. The van der Waals surface area contributed by atoms with E-state index in [0.717, 1.165) is 0 Å². The maximum absolute atomic E-state index is 11.0. The van der Waals surface area contributed by atoms with Gasteiger partial charge < -0.3 is 4.55 Å². The lowest BCUT2D eigenvalue weighted by Crippen LogP contribution is -2.37. The third kappa shape index (κ3) is 1.82. The number of hydrogen-bond acceptors (Lipinski definition) is 3. The highest BCUT2D eigenvalue weighted by Gasteiger charge is 2.36. The Hall–Kier alpha value is 0.150. The molecule has 0 aromatic heterocycles. The van der Waals surface area contributed by atoms with Gasteiger partial charge in [-0.2, -0.15) is 17.9 Å². The van der Waals surface area contributed by atoms with Crippen molar-refractivity contribution >= 4 is 23.8 Å². The summed E-state index contributed by atoms with van der Waals surface area (Å²) in [4.78, 5) is 0. The Morgan fingerprint density at radius 3 is 2.30 bits per heavy atom. The topological polar surface area (TPSA) is 46.8 Å². The Balaban J connectivity index is 4.35. The van der Waals surface area contributed by atoms with Crippen LogP contribution in [0.25, 0.3) is 0 Å². The van der Waals surface area contributed by atoms with Crippen molar-refractivity contribution in [1.29, 1.82) is 5.26 Å². The molecule has 0 heterocycles. The summed E-state index contributed by atoms with van der Waals surface area (Å²) in [6.07, 6.45) is 2.14. The summed E-state index contributed by atoms with van der Waals surface area (Å²) in [5, 5.41) is 8.66. The van der Waals surface area contributed by atoms with Crippen molar-refractivity contribution in [2.24, 2.45) is 0 Å². The fourth-order valence-corrected chi connectivity index (χ4v) is 2.14. The molecule has 2 atom stereocenters. The standard InChI is InChI=1S/C6H11NOS2/c1-3-6(4-7,5-9)10(2)8/h9H,3,5H2,1-2H3. The molecule has 0 spiro atoms. The molecule has 4 heteroatoms. The summed E-state index contributed by atoms with van der Waals surface area (Å²) >= 11 is 2.89. The number of nitriles is 1. The number of rotatable bonds is 3. The Morgan fingerprint density at radius 2 is 2.30 bits per heavy atom. The molecule has 0 aromatic rings. The highest BCUT2D eigenvalue weighted by atomic mass is 32.2. The zero-order valence-electron chi connectivity index (χ0n) is 6.13. The molecular formula is C6H11NOS2. The largest absolute Gasteiger partial charge is 0.615 e. The van der Waals surface area contributed by atoms with E-state index in [0.29, 0.717) is 12.2 Å². The molecule has 0 aliphatic heterocycles. The summed E-state index contributed by atoms with van der Waals surface area (Å²) in [5.74, 6) is 0.364. The third-order valence-electron chi connectivity index (χ3n) is 1.58. The average Bonchev–Trinajstić information content (AvgIpc) is 1.92. The van der Waals surface area contributed by atoms with Crippen molar-refractivity contribution < 1.29 is 4.55 Å². The van der Waals surface area contributed by atoms with Gasteiger partial charge in [0, 0.05) is 6.42 Å². The van der Waals surface area contributed by atoms with Crippen LogP contribution in [0.15, 0.2) is 0 Å². The predicted molar refractivity (Wildman–Crippen MR) is 46.6 cm³/mol. The van der Waals surface area contributed by atoms with Crippen LogP contribution in [-0.4, -0.2) is 21.3 Å². The van der Waals surface area contributed by atoms with E-state index < -0.39 is 15.9 Å². The molecule has 2 unspecified atom stereocenters. The minimum atomic E-state index is -1.10. The maximum Gasteiger partial charge on any atom is 0.218 e. The van der Waals surface area contributed by atoms with E-state index in [-0.39, 0.29) is 0 Å². The smallest absolute Gasteiger partial charge is 0.218 e. The van der Waals surface area contributed by atoms with Gasteiger partial charge in [-0.1, -0.05) is 6.92 Å². The molecule has 0 saturated heterocycles. The molecule has 0 amide bonds. The van der Waals surface area contributed by atoms with Gasteiger partial charge in [-0.15, -0.1) is 0 Å². The third-order valence-corrected chi connectivity index (χ3v) is 3.96. The molecular weight excluding hydrogens is 166 g/mol. The molecule has 0 radical (unpaired) electrons. The summed E-state index contributed by atoms with van der Waals surface area (Å²) < 4.78 is 10.3. The van der Waals surface area contributed by atoms with Crippen LogP contribution in [0.2, 0.25) is 0 Å². The maximum atomic E-state index is 11.0. The minimum absolute atomic E-state index is 0.364. The van der Waals surface area contributed by atoms with E-state index in [2.05, 4.69) is 12.6 Å². The highest BCUT2D eigenvalue weighted by molar-refractivity contribution is 7.93. The number of thiol groups is 1. The van der Waals surface area contributed by atoms with Crippen LogP contribution in [0.1, 0.15) is 13.3 Å². The molecule has 0 saturated carbocycles. The molecule has 58 valence electrons. The van der Waals surface area contributed by atoms with Crippen molar-refractivity contribution in [2.75, 3.05) is 12.0 Å². The van der Waals surface area contributed by atoms with Gasteiger partial charge in [-0.05, 0) is 11.2 Å². The van der Waals surface area contributed by atoms with Crippen LogP contribution in [0, 0.1) is 11.3 Å². The molecule has 0 rings (SSSR count). The zero-order valence-corrected chi connectivity index (χ0v) is 7.84. The Morgan fingerprint density at radius 1 is 1.80 bits per heavy atom. The fraction of sp³-hybridized carbons (Fsp3) is 0.833. The van der Waals surface area contributed by atoms with E-state index in [1.54, 1.807) is 6.26 Å². The average molecular weight is 177 g/mol. The first-order chi connectivity index (χ1) is 4.63. The van der Waals surface area contributed by atoms with Crippen LogP contribution in [-0.2, 0) is 11.2 Å². The molecule has 0 bridgehead atoms. The monoisotopic (exact) mass is 177 g/mol. The summed E-state index contributed by atoms with van der Waals surface area (Å²) in [5.41, 5.74) is 0. The van der Waals surface area contributed by atoms with Gasteiger partial charge in [0.15, 0.2) is 0 Å². The van der Waals surface area contributed by atoms with Crippen molar-refractivity contribution in [3.8, 4) is 6.07 Å². The van der Waals surface area contributed by atoms with Crippen molar-refractivity contribution in [1.82, 2.24) is 0 Å². The van der Waals surface area contributed by atoms with Gasteiger partial charge in [-0.3, -0.25) is 0 Å². The zero-order chi connectivity index (χ0) is 8.20. The van der Waals surface area contributed by atoms with Gasteiger partial charge in [0.1, 0.15) is 6.07 Å². The lowest BCUT2D eigenvalue weighted by molar-refractivity contribution is 0.568.